The fraction of sp³-hybridized carbons (Fsp3) is 0.200. The molecule has 2 aromatic rings. The maximum absolute atomic E-state index is 11.5. The van der Waals surface area contributed by atoms with Gasteiger partial charge in [0.05, 0.1) is 16.3 Å². The molecular formula is C15H17BrN2O2S. The molecule has 0 fully saturated rings. The Morgan fingerprint density at radius 3 is 2.48 bits per heavy atom. The van der Waals surface area contributed by atoms with Gasteiger partial charge in [0.2, 0.25) is 0 Å². The van der Waals surface area contributed by atoms with Crippen LogP contribution in [0.4, 0.5) is 11.4 Å². The second kappa shape index (κ2) is 6.07. The van der Waals surface area contributed by atoms with E-state index in [1.54, 1.807) is 12.1 Å². The van der Waals surface area contributed by atoms with Gasteiger partial charge in [-0.15, -0.1) is 0 Å². The van der Waals surface area contributed by atoms with Gasteiger partial charge in [0.1, 0.15) is 0 Å². The highest BCUT2D eigenvalue weighted by atomic mass is 79.9. The minimum atomic E-state index is -3.24. The van der Waals surface area contributed by atoms with Crippen molar-refractivity contribution in [3.8, 4) is 0 Å². The predicted octanol–water partition coefficient (Wildman–Crippen LogP) is 3.07. The lowest BCUT2D eigenvalue weighted by Crippen LogP contribution is -2.18. The second-order valence-electron chi connectivity index (χ2n) is 4.98. The van der Waals surface area contributed by atoms with E-state index in [9.17, 15) is 8.42 Å². The maximum Gasteiger partial charge on any atom is 0.175 e. The summed E-state index contributed by atoms with van der Waals surface area (Å²) in [5.74, 6) is 0. The zero-order valence-electron chi connectivity index (χ0n) is 11.9. The van der Waals surface area contributed by atoms with Gasteiger partial charge in [-0.25, -0.2) is 8.42 Å². The molecule has 0 saturated carbocycles. The van der Waals surface area contributed by atoms with E-state index in [4.69, 9.17) is 5.73 Å². The molecule has 0 bridgehead atoms. The molecule has 0 amide bonds. The number of rotatable bonds is 4. The van der Waals surface area contributed by atoms with Crippen LogP contribution in [-0.4, -0.2) is 21.7 Å². The number of halogens is 1. The van der Waals surface area contributed by atoms with E-state index in [1.807, 2.05) is 36.2 Å². The number of nitrogens with zero attached hydrogens (tertiary/aromatic N) is 1. The number of nitrogen functional groups attached to an aromatic ring is 1. The SMILES string of the molecule is CN(Cc1cccc(Br)c1)c1ccc(S(C)(=O)=O)cc1N. The number of sulfone groups is 1. The number of hydrogen-bond acceptors (Lipinski definition) is 4. The van der Waals surface area contributed by atoms with E-state index in [1.165, 1.54) is 12.3 Å². The molecule has 0 radical (unpaired) electrons. The number of hydrogen-bond donors (Lipinski definition) is 1. The van der Waals surface area contributed by atoms with Crippen LogP contribution in [0.3, 0.4) is 0 Å². The van der Waals surface area contributed by atoms with Crippen LogP contribution >= 0.6 is 15.9 Å². The lowest BCUT2D eigenvalue weighted by atomic mass is 10.2. The van der Waals surface area contributed by atoms with Crippen LogP contribution < -0.4 is 10.6 Å². The Hall–Kier alpha value is -1.53. The summed E-state index contributed by atoms with van der Waals surface area (Å²) >= 11 is 3.44. The summed E-state index contributed by atoms with van der Waals surface area (Å²) in [6.07, 6.45) is 1.17. The summed E-state index contributed by atoms with van der Waals surface area (Å²) in [5, 5.41) is 0. The molecule has 2 N–H and O–H groups in total. The first kappa shape index (κ1) is 15.9. The summed E-state index contributed by atoms with van der Waals surface area (Å²) in [7, 11) is -1.31. The van der Waals surface area contributed by atoms with Crippen molar-refractivity contribution in [2.45, 2.75) is 11.4 Å². The van der Waals surface area contributed by atoms with Crippen molar-refractivity contribution in [2.24, 2.45) is 0 Å². The van der Waals surface area contributed by atoms with Crippen LogP contribution in [0.15, 0.2) is 51.8 Å². The third kappa shape index (κ3) is 3.98. The average Bonchev–Trinajstić information content (AvgIpc) is 2.37. The molecule has 2 rings (SSSR count). The van der Waals surface area contributed by atoms with E-state index in [-0.39, 0.29) is 4.90 Å². The molecular weight excluding hydrogens is 352 g/mol. The quantitative estimate of drug-likeness (QED) is 0.842. The summed E-state index contributed by atoms with van der Waals surface area (Å²) in [6, 6.07) is 12.8. The molecule has 112 valence electrons. The van der Waals surface area contributed by atoms with E-state index < -0.39 is 9.84 Å². The van der Waals surface area contributed by atoms with Gasteiger partial charge in [-0.1, -0.05) is 28.1 Å². The first-order chi connectivity index (χ1) is 9.77. The number of nitrogens with two attached hydrogens (primary N) is 1. The highest BCUT2D eigenvalue weighted by molar-refractivity contribution is 9.10. The predicted molar refractivity (Wildman–Crippen MR) is 90.2 cm³/mol. The first-order valence-corrected chi connectivity index (χ1v) is 9.01. The van der Waals surface area contributed by atoms with Crippen molar-refractivity contribution >= 4 is 37.1 Å². The van der Waals surface area contributed by atoms with Crippen LogP contribution in [-0.2, 0) is 16.4 Å². The number of anilines is 2. The smallest absolute Gasteiger partial charge is 0.175 e. The average molecular weight is 369 g/mol. The molecule has 4 nitrogen and oxygen atoms in total. The summed E-state index contributed by atoms with van der Waals surface area (Å²) in [6.45, 7) is 0.682. The topological polar surface area (TPSA) is 63.4 Å². The molecule has 0 aliphatic carbocycles. The minimum Gasteiger partial charge on any atom is -0.397 e. The molecule has 0 spiro atoms. The Morgan fingerprint density at radius 2 is 1.90 bits per heavy atom. The molecule has 0 aliphatic rings. The Morgan fingerprint density at radius 1 is 1.19 bits per heavy atom. The van der Waals surface area contributed by atoms with Gasteiger partial charge in [0.15, 0.2) is 9.84 Å². The number of benzene rings is 2. The van der Waals surface area contributed by atoms with Gasteiger partial charge >= 0.3 is 0 Å². The van der Waals surface area contributed by atoms with Crippen molar-refractivity contribution in [3.63, 3.8) is 0 Å². The highest BCUT2D eigenvalue weighted by Crippen LogP contribution is 2.27. The first-order valence-electron chi connectivity index (χ1n) is 6.32. The van der Waals surface area contributed by atoms with E-state index >= 15 is 0 Å². The zero-order valence-corrected chi connectivity index (χ0v) is 14.3. The summed E-state index contributed by atoms with van der Waals surface area (Å²) in [5.41, 5.74) is 8.39. The highest BCUT2D eigenvalue weighted by Gasteiger charge is 2.12. The third-order valence-electron chi connectivity index (χ3n) is 3.15. The Kier molecular flexibility index (Phi) is 4.58. The molecule has 0 aliphatic heterocycles. The van der Waals surface area contributed by atoms with E-state index in [0.717, 1.165) is 15.7 Å². The molecule has 0 heterocycles. The van der Waals surface area contributed by atoms with Crippen molar-refractivity contribution < 1.29 is 8.42 Å². The Balaban J connectivity index is 2.26. The van der Waals surface area contributed by atoms with Gasteiger partial charge in [0, 0.05) is 24.3 Å². The zero-order chi connectivity index (χ0) is 15.6. The van der Waals surface area contributed by atoms with Gasteiger partial charge in [-0.3, -0.25) is 0 Å². The van der Waals surface area contributed by atoms with E-state index in [0.29, 0.717) is 12.2 Å². The standard InChI is InChI=1S/C15H17BrN2O2S/c1-18(10-11-4-3-5-12(16)8-11)15-7-6-13(9-14(15)17)21(2,19)20/h3-9H,10,17H2,1-2H3. The second-order valence-corrected chi connectivity index (χ2v) is 7.91. The minimum absolute atomic E-state index is 0.236. The molecule has 21 heavy (non-hydrogen) atoms. The maximum atomic E-state index is 11.5. The fourth-order valence-corrected chi connectivity index (χ4v) is 3.21. The van der Waals surface area contributed by atoms with Gasteiger partial charge in [-0.05, 0) is 35.9 Å². The van der Waals surface area contributed by atoms with Crippen molar-refractivity contribution in [1.82, 2.24) is 0 Å². The summed E-state index contributed by atoms with van der Waals surface area (Å²) in [4.78, 5) is 2.22. The Labute approximate surface area is 133 Å². The van der Waals surface area contributed by atoms with Crippen molar-refractivity contribution in [1.29, 1.82) is 0 Å². The lowest BCUT2D eigenvalue weighted by Gasteiger charge is -2.21. The fourth-order valence-electron chi connectivity index (χ4n) is 2.11. The monoisotopic (exact) mass is 368 g/mol. The van der Waals surface area contributed by atoms with E-state index in [2.05, 4.69) is 15.9 Å². The third-order valence-corrected chi connectivity index (χ3v) is 4.75. The normalized spacial score (nSPS) is 11.4. The van der Waals surface area contributed by atoms with Gasteiger partial charge < -0.3 is 10.6 Å². The van der Waals surface area contributed by atoms with Gasteiger partial charge in [0.25, 0.3) is 0 Å². The molecule has 0 unspecified atom stereocenters. The molecule has 2 aromatic carbocycles. The van der Waals surface area contributed by atoms with Gasteiger partial charge in [-0.2, -0.15) is 0 Å². The molecule has 0 aromatic heterocycles. The largest absolute Gasteiger partial charge is 0.397 e. The summed E-state index contributed by atoms with van der Waals surface area (Å²) < 4.78 is 24.1. The molecule has 0 atom stereocenters. The van der Waals surface area contributed by atoms with Crippen LogP contribution in [0, 0.1) is 0 Å². The van der Waals surface area contributed by atoms with Crippen LogP contribution in [0.5, 0.6) is 0 Å². The molecule has 6 heteroatoms. The van der Waals surface area contributed by atoms with Crippen molar-refractivity contribution in [3.05, 3.63) is 52.5 Å². The van der Waals surface area contributed by atoms with Crippen LogP contribution in [0.2, 0.25) is 0 Å². The Bertz CT molecular complexity index is 760. The lowest BCUT2D eigenvalue weighted by molar-refractivity contribution is 0.602. The van der Waals surface area contributed by atoms with Crippen LogP contribution in [0.25, 0.3) is 0 Å². The van der Waals surface area contributed by atoms with Crippen molar-refractivity contribution in [2.75, 3.05) is 23.9 Å². The van der Waals surface area contributed by atoms with Crippen LogP contribution in [0.1, 0.15) is 5.56 Å². The molecule has 0 saturated heterocycles.